The fourth-order valence-corrected chi connectivity index (χ4v) is 3.63. The molecule has 5 heteroatoms. The summed E-state index contributed by atoms with van der Waals surface area (Å²) in [4.78, 5) is 27.0. The van der Waals surface area contributed by atoms with Gasteiger partial charge in [0.05, 0.1) is 24.3 Å². The van der Waals surface area contributed by atoms with Gasteiger partial charge in [-0.1, -0.05) is 60.7 Å². The highest BCUT2D eigenvalue weighted by molar-refractivity contribution is 6.29. The average molecular weight is 385 g/mol. The summed E-state index contributed by atoms with van der Waals surface area (Å²) >= 11 is 0. The highest BCUT2D eigenvalue weighted by atomic mass is 16.5. The zero-order valence-electron chi connectivity index (χ0n) is 15.8. The number of nitrogens with zero attached hydrogens (tertiary/aromatic N) is 1. The lowest BCUT2D eigenvalue weighted by atomic mass is 9.82. The van der Waals surface area contributed by atoms with E-state index < -0.39 is 12.0 Å². The van der Waals surface area contributed by atoms with E-state index in [1.54, 1.807) is 60.5 Å². The van der Waals surface area contributed by atoms with Gasteiger partial charge in [-0.05, 0) is 35.4 Å². The van der Waals surface area contributed by atoms with E-state index in [1.165, 1.54) is 0 Å². The van der Waals surface area contributed by atoms with E-state index in [0.717, 1.165) is 5.56 Å². The molecule has 0 aromatic heterocycles. The van der Waals surface area contributed by atoms with Gasteiger partial charge in [-0.3, -0.25) is 9.69 Å². The molecule has 5 nitrogen and oxygen atoms in total. The molecule has 1 aliphatic heterocycles. The number of carboxylic acids is 1. The van der Waals surface area contributed by atoms with Crippen molar-refractivity contribution in [3.63, 3.8) is 0 Å². The molecule has 0 saturated carbocycles. The lowest BCUT2D eigenvalue weighted by molar-refractivity contribution is -0.131. The smallest absolute Gasteiger partial charge is 0.336 e. The van der Waals surface area contributed by atoms with Gasteiger partial charge in [-0.25, -0.2) is 4.79 Å². The largest absolute Gasteiger partial charge is 0.497 e. The highest BCUT2D eigenvalue weighted by Crippen LogP contribution is 2.46. The second-order valence-electron chi connectivity index (χ2n) is 6.65. The number of hydrogen-bond acceptors (Lipinski definition) is 3. The lowest BCUT2D eigenvalue weighted by Crippen LogP contribution is -2.50. The number of hydrogen-bond donors (Lipinski definition) is 1. The van der Waals surface area contributed by atoms with Gasteiger partial charge >= 0.3 is 5.97 Å². The first-order chi connectivity index (χ1) is 14.1. The van der Waals surface area contributed by atoms with Crippen molar-refractivity contribution in [2.24, 2.45) is 0 Å². The van der Waals surface area contributed by atoms with E-state index in [4.69, 9.17) is 4.74 Å². The van der Waals surface area contributed by atoms with E-state index in [1.807, 2.05) is 36.4 Å². The van der Waals surface area contributed by atoms with Crippen molar-refractivity contribution in [3.05, 3.63) is 102 Å². The minimum Gasteiger partial charge on any atom is -0.497 e. The fourth-order valence-electron chi connectivity index (χ4n) is 3.63. The van der Waals surface area contributed by atoms with Gasteiger partial charge in [0.2, 0.25) is 0 Å². The minimum atomic E-state index is -1.12. The first kappa shape index (κ1) is 18.5. The molecule has 29 heavy (non-hydrogen) atoms. The summed E-state index contributed by atoms with van der Waals surface area (Å²) in [7, 11) is 1.58. The SMILES string of the molecule is COc1ccc(N2C(=O)/C(=C(\C(=O)O)c3ccccc3)C2c2ccccc2)cc1. The average Bonchev–Trinajstić information content (AvgIpc) is 2.76. The molecule has 0 radical (unpaired) electrons. The van der Waals surface area contributed by atoms with Crippen LogP contribution >= 0.6 is 0 Å². The Hall–Kier alpha value is -3.86. The van der Waals surface area contributed by atoms with Crippen molar-refractivity contribution in [2.45, 2.75) is 6.04 Å². The Kier molecular flexibility index (Phi) is 4.87. The molecule has 0 bridgehead atoms. The maximum atomic E-state index is 13.2. The normalized spacial score (nSPS) is 17.5. The summed E-state index contributed by atoms with van der Waals surface area (Å²) in [5.41, 5.74) is 2.37. The molecule has 1 N–H and O–H groups in total. The molecule has 4 rings (SSSR count). The first-order valence-electron chi connectivity index (χ1n) is 9.17. The van der Waals surface area contributed by atoms with Crippen molar-refractivity contribution in [3.8, 4) is 5.75 Å². The number of methoxy groups -OCH3 is 1. The Balaban J connectivity index is 1.87. The molecule has 1 fully saturated rings. The summed E-state index contributed by atoms with van der Waals surface area (Å²) in [5, 5.41) is 9.92. The number of amides is 1. The number of carbonyl (C=O) groups is 2. The summed E-state index contributed by atoms with van der Waals surface area (Å²) in [6.07, 6.45) is 0. The van der Waals surface area contributed by atoms with Crippen molar-refractivity contribution >= 4 is 23.1 Å². The first-order valence-corrected chi connectivity index (χ1v) is 9.17. The summed E-state index contributed by atoms with van der Waals surface area (Å²) in [5.74, 6) is -0.746. The summed E-state index contributed by atoms with van der Waals surface area (Å²) < 4.78 is 5.20. The van der Waals surface area contributed by atoms with E-state index in [9.17, 15) is 14.7 Å². The van der Waals surface area contributed by atoms with Gasteiger partial charge < -0.3 is 9.84 Å². The molecule has 1 aliphatic rings. The van der Waals surface area contributed by atoms with Crippen LogP contribution in [0.5, 0.6) is 5.75 Å². The maximum Gasteiger partial charge on any atom is 0.336 e. The highest BCUT2D eigenvalue weighted by Gasteiger charge is 2.47. The van der Waals surface area contributed by atoms with Crippen LogP contribution in [0.15, 0.2) is 90.5 Å². The van der Waals surface area contributed by atoms with Crippen LogP contribution in [-0.2, 0) is 9.59 Å². The van der Waals surface area contributed by atoms with Gasteiger partial charge in [0.15, 0.2) is 0 Å². The van der Waals surface area contributed by atoms with E-state index in [2.05, 4.69) is 0 Å². The minimum absolute atomic E-state index is 0.0363. The lowest BCUT2D eigenvalue weighted by Gasteiger charge is -2.44. The number of aliphatic carboxylic acids is 1. The zero-order valence-corrected chi connectivity index (χ0v) is 15.8. The van der Waals surface area contributed by atoms with Gasteiger partial charge in [-0.2, -0.15) is 0 Å². The number of carboxylic acid groups (broad SMARTS) is 1. The Bertz CT molecular complexity index is 1070. The second-order valence-corrected chi connectivity index (χ2v) is 6.65. The molecule has 1 saturated heterocycles. The van der Waals surface area contributed by atoms with Crippen molar-refractivity contribution in [1.29, 1.82) is 0 Å². The maximum absolute atomic E-state index is 13.2. The molecule has 0 aliphatic carbocycles. The van der Waals surface area contributed by atoms with E-state index in [-0.39, 0.29) is 17.1 Å². The molecule has 144 valence electrons. The number of benzene rings is 3. The van der Waals surface area contributed by atoms with Crippen LogP contribution in [-0.4, -0.2) is 24.1 Å². The number of anilines is 1. The van der Waals surface area contributed by atoms with Crippen LogP contribution < -0.4 is 9.64 Å². The molecule has 1 amide bonds. The van der Waals surface area contributed by atoms with Crippen LogP contribution in [0.2, 0.25) is 0 Å². The molecule has 1 atom stereocenters. The number of rotatable bonds is 5. The molecule has 3 aromatic carbocycles. The second kappa shape index (κ2) is 7.64. The third kappa shape index (κ3) is 3.27. The summed E-state index contributed by atoms with van der Waals surface area (Å²) in [6.45, 7) is 0. The van der Waals surface area contributed by atoms with Gasteiger partial charge in [-0.15, -0.1) is 0 Å². The van der Waals surface area contributed by atoms with Crippen LogP contribution in [0.3, 0.4) is 0 Å². The Morgan fingerprint density at radius 2 is 1.48 bits per heavy atom. The Morgan fingerprint density at radius 3 is 2.03 bits per heavy atom. The van der Waals surface area contributed by atoms with Crippen LogP contribution in [0, 0.1) is 0 Å². The van der Waals surface area contributed by atoms with Crippen LogP contribution in [0.1, 0.15) is 17.2 Å². The standard InChI is InChI=1S/C24H19NO4/c1-29-19-14-12-18(13-15-19)25-22(17-10-6-3-7-11-17)21(23(25)26)20(24(27)28)16-8-4-2-5-9-16/h2-15,22H,1H3,(H,27,28)/b21-20-. The van der Waals surface area contributed by atoms with Crippen LogP contribution in [0.25, 0.3) is 5.57 Å². The van der Waals surface area contributed by atoms with Crippen molar-refractivity contribution in [1.82, 2.24) is 0 Å². The quantitative estimate of drug-likeness (QED) is 0.525. The van der Waals surface area contributed by atoms with E-state index >= 15 is 0 Å². The van der Waals surface area contributed by atoms with Gasteiger partial charge in [0.1, 0.15) is 5.75 Å². The molecule has 1 unspecified atom stereocenters. The summed E-state index contributed by atoms with van der Waals surface area (Å²) in [6, 6.07) is 24.9. The van der Waals surface area contributed by atoms with Crippen molar-refractivity contribution in [2.75, 3.05) is 12.0 Å². The third-order valence-corrected chi connectivity index (χ3v) is 4.99. The topological polar surface area (TPSA) is 66.8 Å². The van der Waals surface area contributed by atoms with Crippen molar-refractivity contribution < 1.29 is 19.4 Å². The molecule has 3 aromatic rings. The predicted molar refractivity (Wildman–Crippen MR) is 111 cm³/mol. The van der Waals surface area contributed by atoms with Gasteiger partial charge in [0, 0.05) is 5.69 Å². The molecule has 0 spiro atoms. The molecular weight excluding hydrogens is 366 g/mol. The number of carbonyl (C=O) groups excluding carboxylic acids is 1. The molecule has 1 heterocycles. The zero-order chi connectivity index (χ0) is 20.4. The van der Waals surface area contributed by atoms with Gasteiger partial charge in [0.25, 0.3) is 5.91 Å². The predicted octanol–water partition coefficient (Wildman–Crippen LogP) is 4.32. The number of ether oxygens (including phenoxy) is 1. The van der Waals surface area contributed by atoms with Crippen LogP contribution in [0.4, 0.5) is 5.69 Å². The Morgan fingerprint density at radius 1 is 0.897 bits per heavy atom. The Labute approximate surface area is 168 Å². The molecular formula is C24H19NO4. The van der Waals surface area contributed by atoms with E-state index in [0.29, 0.717) is 17.0 Å². The third-order valence-electron chi connectivity index (χ3n) is 4.99. The number of β-lactam (4-membered cyclic amide) rings is 1. The fraction of sp³-hybridized carbons (Fsp3) is 0.0833. The monoisotopic (exact) mass is 385 g/mol.